The number of aromatic nitrogens is 4. The zero-order valence-electron chi connectivity index (χ0n) is 15.2. The van der Waals surface area contributed by atoms with E-state index in [-0.39, 0.29) is 18.3 Å². The zero-order chi connectivity index (χ0) is 18.7. The van der Waals surface area contributed by atoms with Crippen molar-refractivity contribution in [2.45, 2.75) is 26.8 Å². The second-order valence-electron chi connectivity index (χ2n) is 6.28. The minimum atomic E-state index is 0.00839. The number of nitrogens with two attached hydrogens (primary N) is 1. The van der Waals surface area contributed by atoms with Gasteiger partial charge in [0.1, 0.15) is 0 Å². The topological polar surface area (TPSA) is 89.9 Å². The number of likely N-dealkylation sites (N-methyl/N-ethyl adjacent to an activating group) is 1. The molecule has 0 atom stereocenters. The van der Waals surface area contributed by atoms with Crippen LogP contribution in [0.25, 0.3) is 5.69 Å². The first-order chi connectivity index (χ1) is 12.4. The molecule has 3 aromatic rings. The summed E-state index contributed by atoms with van der Waals surface area (Å²) >= 11 is 0. The summed E-state index contributed by atoms with van der Waals surface area (Å²) in [6.07, 6.45) is 3.88. The van der Waals surface area contributed by atoms with Gasteiger partial charge in [0.25, 0.3) is 0 Å². The van der Waals surface area contributed by atoms with Crippen LogP contribution in [0.1, 0.15) is 22.5 Å². The van der Waals surface area contributed by atoms with Gasteiger partial charge in [0.15, 0.2) is 0 Å². The number of rotatable bonds is 5. The molecule has 0 aliphatic heterocycles. The summed E-state index contributed by atoms with van der Waals surface area (Å²) in [6, 6.07) is 9.85. The fraction of sp³-hybridized carbons (Fsp3) is 0.263. The molecule has 0 radical (unpaired) electrons. The maximum atomic E-state index is 12.6. The Bertz CT molecular complexity index is 897. The van der Waals surface area contributed by atoms with Crippen LogP contribution in [-0.2, 0) is 17.8 Å². The molecule has 2 aromatic heterocycles. The van der Waals surface area contributed by atoms with Crippen LogP contribution >= 0.6 is 0 Å². The molecule has 26 heavy (non-hydrogen) atoms. The number of carbonyl (C=O) groups excluding carboxylic acids is 1. The fourth-order valence-electron chi connectivity index (χ4n) is 2.89. The van der Waals surface area contributed by atoms with Crippen molar-refractivity contribution in [3.05, 3.63) is 65.2 Å². The number of benzene rings is 1. The Hall–Kier alpha value is -3.22. The Labute approximate surface area is 152 Å². The molecule has 7 heteroatoms. The highest BCUT2D eigenvalue weighted by Gasteiger charge is 2.15. The highest BCUT2D eigenvalue weighted by atomic mass is 16.2. The highest BCUT2D eigenvalue weighted by Crippen LogP contribution is 2.15. The van der Waals surface area contributed by atoms with Crippen molar-refractivity contribution < 1.29 is 4.79 Å². The molecule has 0 aliphatic carbocycles. The molecule has 134 valence electrons. The van der Waals surface area contributed by atoms with Gasteiger partial charge in [0, 0.05) is 42.9 Å². The second-order valence-corrected chi connectivity index (χ2v) is 6.28. The van der Waals surface area contributed by atoms with Crippen LogP contribution in [0, 0.1) is 13.8 Å². The van der Waals surface area contributed by atoms with Crippen LogP contribution in [0.3, 0.4) is 0 Å². The van der Waals surface area contributed by atoms with Crippen LogP contribution in [0.5, 0.6) is 0 Å². The van der Waals surface area contributed by atoms with Gasteiger partial charge in [0.05, 0.1) is 12.1 Å². The lowest BCUT2D eigenvalue weighted by molar-refractivity contribution is -0.129. The maximum Gasteiger partial charge on any atom is 0.227 e. The summed E-state index contributed by atoms with van der Waals surface area (Å²) in [4.78, 5) is 22.7. The van der Waals surface area contributed by atoms with Gasteiger partial charge >= 0.3 is 0 Å². The first-order valence-electron chi connectivity index (χ1n) is 8.36. The van der Waals surface area contributed by atoms with Crippen LogP contribution in [0.15, 0.2) is 42.7 Å². The van der Waals surface area contributed by atoms with E-state index in [0.717, 1.165) is 28.2 Å². The third-order valence-electron chi connectivity index (χ3n) is 4.29. The van der Waals surface area contributed by atoms with Crippen molar-refractivity contribution in [1.82, 2.24) is 24.6 Å². The largest absolute Gasteiger partial charge is 0.368 e. The Morgan fingerprint density at radius 2 is 1.92 bits per heavy atom. The summed E-state index contributed by atoms with van der Waals surface area (Å²) in [5, 5.41) is 4.24. The molecule has 0 unspecified atom stereocenters. The van der Waals surface area contributed by atoms with Crippen LogP contribution in [0.4, 0.5) is 5.95 Å². The average Bonchev–Trinajstić information content (AvgIpc) is 3.12. The highest BCUT2D eigenvalue weighted by molar-refractivity contribution is 5.79. The molecule has 7 nitrogen and oxygen atoms in total. The number of hydrogen-bond donors (Lipinski definition) is 1. The second kappa shape index (κ2) is 7.35. The van der Waals surface area contributed by atoms with Gasteiger partial charge in [-0.2, -0.15) is 5.10 Å². The minimum absolute atomic E-state index is 0.00839. The van der Waals surface area contributed by atoms with Crippen molar-refractivity contribution in [2.75, 3.05) is 12.8 Å². The number of carbonyl (C=O) groups is 1. The molecule has 0 spiro atoms. The van der Waals surface area contributed by atoms with Crippen molar-refractivity contribution in [1.29, 1.82) is 0 Å². The van der Waals surface area contributed by atoms with Gasteiger partial charge in [-0.25, -0.2) is 14.6 Å². The van der Waals surface area contributed by atoms with E-state index in [0.29, 0.717) is 6.54 Å². The quantitative estimate of drug-likeness (QED) is 0.761. The van der Waals surface area contributed by atoms with E-state index in [9.17, 15) is 4.79 Å². The van der Waals surface area contributed by atoms with Crippen molar-refractivity contribution in [2.24, 2.45) is 0 Å². The van der Waals surface area contributed by atoms with E-state index in [1.165, 1.54) is 0 Å². The Morgan fingerprint density at radius 1 is 1.19 bits per heavy atom. The molecule has 1 amide bonds. The smallest absolute Gasteiger partial charge is 0.227 e. The van der Waals surface area contributed by atoms with Gasteiger partial charge < -0.3 is 10.6 Å². The van der Waals surface area contributed by atoms with E-state index >= 15 is 0 Å². The standard InChI is InChI=1S/C19H22N6O/c1-13-17(14(2)23-19(20)22-13)11-18(26)24(3)12-15-6-4-7-16(10-15)25-9-5-8-21-25/h4-10H,11-12H2,1-3H3,(H2,20,22,23). The van der Waals surface area contributed by atoms with Gasteiger partial charge in [-0.05, 0) is 37.6 Å². The Morgan fingerprint density at radius 3 is 2.58 bits per heavy atom. The lowest BCUT2D eigenvalue weighted by Crippen LogP contribution is -2.28. The summed E-state index contributed by atoms with van der Waals surface area (Å²) in [7, 11) is 1.80. The predicted octanol–water partition coefficient (Wildman–Crippen LogP) is 2.06. The maximum absolute atomic E-state index is 12.6. The Balaban J connectivity index is 1.71. The van der Waals surface area contributed by atoms with Crippen LogP contribution in [0.2, 0.25) is 0 Å². The normalized spacial score (nSPS) is 10.7. The van der Waals surface area contributed by atoms with Crippen molar-refractivity contribution >= 4 is 11.9 Å². The molecule has 2 N–H and O–H groups in total. The molecule has 0 fully saturated rings. The number of nitrogen functional groups attached to an aromatic ring is 1. The minimum Gasteiger partial charge on any atom is -0.368 e. The molecule has 3 rings (SSSR count). The summed E-state index contributed by atoms with van der Waals surface area (Å²) in [5.74, 6) is 0.244. The molecule has 0 saturated heterocycles. The number of aryl methyl sites for hydroxylation is 2. The lowest BCUT2D eigenvalue weighted by atomic mass is 10.1. The molecular formula is C19H22N6O. The van der Waals surface area contributed by atoms with Gasteiger partial charge in [-0.3, -0.25) is 4.79 Å². The molecule has 0 saturated carbocycles. The predicted molar refractivity (Wildman–Crippen MR) is 99.7 cm³/mol. The van der Waals surface area contributed by atoms with Crippen LogP contribution in [-0.4, -0.2) is 37.6 Å². The SMILES string of the molecule is Cc1nc(N)nc(C)c1CC(=O)N(C)Cc1cccc(-n2cccn2)c1. The summed E-state index contributed by atoms with van der Waals surface area (Å²) < 4.78 is 1.80. The van der Waals surface area contributed by atoms with E-state index in [4.69, 9.17) is 5.73 Å². The summed E-state index contributed by atoms with van der Waals surface area (Å²) in [5.41, 5.74) is 9.98. The Kier molecular flexibility index (Phi) is 4.97. The zero-order valence-corrected chi connectivity index (χ0v) is 15.2. The number of hydrogen-bond acceptors (Lipinski definition) is 5. The van der Waals surface area contributed by atoms with Crippen LogP contribution < -0.4 is 5.73 Å². The van der Waals surface area contributed by atoms with Crippen molar-refractivity contribution in [3.8, 4) is 5.69 Å². The number of nitrogens with zero attached hydrogens (tertiary/aromatic N) is 5. The molecule has 0 aliphatic rings. The third kappa shape index (κ3) is 3.88. The first-order valence-corrected chi connectivity index (χ1v) is 8.36. The first kappa shape index (κ1) is 17.6. The molecular weight excluding hydrogens is 328 g/mol. The van der Waals surface area contributed by atoms with Gasteiger partial charge in [-0.15, -0.1) is 0 Å². The van der Waals surface area contributed by atoms with Gasteiger partial charge in [0.2, 0.25) is 11.9 Å². The van der Waals surface area contributed by atoms with Crippen molar-refractivity contribution in [3.63, 3.8) is 0 Å². The van der Waals surface area contributed by atoms with E-state index < -0.39 is 0 Å². The molecule has 1 aromatic carbocycles. The summed E-state index contributed by atoms with van der Waals surface area (Å²) in [6.45, 7) is 4.21. The molecule has 0 bridgehead atoms. The van der Waals surface area contributed by atoms with Gasteiger partial charge in [-0.1, -0.05) is 12.1 Å². The monoisotopic (exact) mass is 350 g/mol. The fourth-order valence-corrected chi connectivity index (χ4v) is 2.89. The van der Waals surface area contributed by atoms with E-state index in [1.54, 1.807) is 22.8 Å². The number of anilines is 1. The van der Waals surface area contributed by atoms with E-state index in [2.05, 4.69) is 15.1 Å². The molecule has 2 heterocycles. The lowest BCUT2D eigenvalue weighted by Gasteiger charge is -2.19. The number of amides is 1. The van der Waals surface area contributed by atoms with E-state index in [1.807, 2.05) is 50.4 Å². The average molecular weight is 350 g/mol. The third-order valence-corrected chi connectivity index (χ3v) is 4.29.